The minimum atomic E-state index is -0.457. The molecule has 5 heteroatoms. The molecule has 0 bridgehead atoms. The van der Waals surface area contributed by atoms with E-state index in [4.69, 9.17) is 0 Å². The third-order valence-electron chi connectivity index (χ3n) is 11.6. The minimum Gasteiger partial charge on any atom is -0.390 e. The zero-order valence-corrected chi connectivity index (χ0v) is 20.7. The fraction of sp³-hybridized carbons (Fsp3) is 0.828. The van der Waals surface area contributed by atoms with Crippen molar-refractivity contribution in [3.05, 3.63) is 17.5 Å². The lowest BCUT2D eigenvalue weighted by atomic mass is 9.48. The second kappa shape index (κ2) is 7.19. The summed E-state index contributed by atoms with van der Waals surface area (Å²) in [5, 5.41) is 24.7. The molecule has 0 aliphatic heterocycles. The molecule has 0 amide bonds. The molecule has 6 aliphatic carbocycles. The van der Waals surface area contributed by atoms with Crippen LogP contribution in [-0.2, 0) is 11.3 Å². The molecule has 7 rings (SSSR count). The molecule has 1 N–H and O–H groups in total. The van der Waals surface area contributed by atoms with E-state index >= 15 is 0 Å². The van der Waals surface area contributed by atoms with Crippen LogP contribution in [-0.4, -0.2) is 26.3 Å². The highest BCUT2D eigenvalue weighted by molar-refractivity contribution is 5.83. The van der Waals surface area contributed by atoms with E-state index < -0.39 is 5.60 Å². The first-order valence-corrected chi connectivity index (χ1v) is 14.0. The summed E-state index contributed by atoms with van der Waals surface area (Å²) in [6, 6.07) is 2.30. The van der Waals surface area contributed by atoms with Crippen molar-refractivity contribution in [2.24, 2.45) is 52.8 Å². The lowest BCUT2D eigenvalue weighted by Crippen LogP contribution is -2.52. The quantitative estimate of drug-likeness (QED) is 0.678. The maximum atomic E-state index is 13.9. The molecule has 0 saturated heterocycles. The van der Waals surface area contributed by atoms with Crippen molar-refractivity contribution in [1.29, 1.82) is 5.26 Å². The number of hydrogen-bond acceptors (Lipinski definition) is 4. The van der Waals surface area contributed by atoms with Crippen LogP contribution in [0.3, 0.4) is 0 Å². The van der Waals surface area contributed by atoms with E-state index in [0.29, 0.717) is 41.6 Å². The summed E-state index contributed by atoms with van der Waals surface area (Å²) >= 11 is 0. The Morgan fingerprint density at radius 1 is 1.09 bits per heavy atom. The van der Waals surface area contributed by atoms with E-state index in [1.165, 1.54) is 38.5 Å². The molecule has 6 saturated carbocycles. The van der Waals surface area contributed by atoms with Gasteiger partial charge in [0.05, 0.1) is 23.1 Å². The van der Waals surface area contributed by atoms with Crippen LogP contribution in [0.4, 0.5) is 0 Å². The first-order chi connectivity index (χ1) is 16.3. The second-order valence-electron chi connectivity index (χ2n) is 13.6. The number of aromatic nitrogens is 2. The van der Waals surface area contributed by atoms with E-state index in [9.17, 15) is 15.2 Å². The number of rotatable bonds is 4. The Balaban J connectivity index is 1.13. The highest BCUT2D eigenvalue weighted by Gasteiger charge is 2.70. The van der Waals surface area contributed by atoms with Gasteiger partial charge in [-0.2, -0.15) is 10.4 Å². The first kappa shape index (κ1) is 21.6. The number of Topliss-reactive ketones (excluding diaryl/α,β-unsaturated/α-hetero) is 1. The molecular weight excluding hydrogens is 422 g/mol. The molecule has 182 valence electrons. The smallest absolute Gasteiger partial charge is 0.158 e. The molecule has 1 aromatic rings. The maximum Gasteiger partial charge on any atom is 0.158 e. The van der Waals surface area contributed by atoms with Gasteiger partial charge >= 0.3 is 0 Å². The topological polar surface area (TPSA) is 78.9 Å². The summed E-state index contributed by atoms with van der Waals surface area (Å²) in [5.41, 5.74) is 1.36. The zero-order valence-electron chi connectivity index (χ0n) is 20.7. The molecule has 1 aromatic heterocycles. The predicted octanol–water partition coefficient (Wildman–Crippen LogP) is 5.08. The highest BCUT2D eigenvalue weighted by Crippen LogP contribution is 2.74. The van der Waals surface area contributed by atoms with Crippen molar-refractivity contribution >= 4 is 5.78 Å². The van der Waals surface area contributed by atoms with Crippen LogP contribution in [0.5, 0.6) is 0 Å². The predicted molar refractivity (Wildman–Crippen MR) is 128 cm³/mol. The Hall–Kier alpha value is -1.67. The molecule has 5 nitrogen and oxygen atoms in total. The second-order valence-corrected chi connectivity index (χ2v) is 13.6. The Labute approximate surface area is 203 Å². The van der Waals surface area contributed by atoms with Gasteiger partial charge in [0.25, 0.3) is 0 Å². The van der Waals surface area contributed by atoms with Crippen LogP contribution < -0.4 is 0 Å². The van der Waals surface area contributed by atoms with Gasteiger partial charge in [0.1, 0.15) is 12.6 Å². The largest absolute Gasteiger partial charge is 0.390 e. The molecule has 1 heterocycles. The Morgan fingerprint density at radius 2 is 1.88 bits per heavy atom. The molecule has 0 unspecified atom stereocenters. The molecule has 6 fully saturated rings. The SMILES string of the molecule is C[C@@]1(O)CC[C@H]2[C@H](CC[C@@H]3[C@@H]2CC[C@@]2(C)[C@H]3[C@@H]3C[C@@H]3[C@@H]2C(=O)Cn2ncc(C#N)c2C2CC2)C1. The molecular formula is C29H39N3O2. The van der Waals surface area contributed by atoms with Gasteiger partial charge in [-0.1, -0.05) is 6.92 Å². The van der Waals surface area contributed by atoms with Gasteiger partial charge in [0.15, 0.2) is 5.78 Å². The van der Waals surface area contributed by atoms with Crippen molar-refractivity contribution in [3.8, 4) is 6.07 Å². The van der Waals surface area contributed by atoms with Gasteiger partial charge in [0, 0.05) is 11.8 Å². The number of nitriles is 1. The van der Waals surface area contributed by atoms with Crippen molar-refractivity contribution in [1.82, 2.24) is 9.78 Å². The van der Waals surface area contributed by atoms with Crippen LogP contribution in [0, 0.1) is 64.1 Å². The molecule has 0 aromatic carbocycles. The van der Waals surface area contributed by atoms with Gasteiger partial charge < -0.3 is 5.11 Å². The van der Waals surface area contributed by atoms with Crippen molar-refractivity contribution in [2.75, 3.05) is 0 Å². The van der Waals surface area contributed by atoms with Crippen LogP contribution >= 0.6 is 0 Å². The highest BCUT2D eigenvalue weighted by atomic mass is 16.3. The van der Waals surface area contributed by atoms with Crippen LogP contribution in [0.25, 0.3) is 0 Å². The van der Waals surface area contributed by atoms with Crippen LogP contribution in [0.15, 0.2) is 6.20 Å². The van der Waals surface area contributed by atoms with Crippen molar-refractivity contribution in [2.45, 2.75) is 96.1 Å². The lowest BCUT2D eigenvalue weighted by Gasteiger charge is -2.57. The summed E-state index contributed by atoms with van der Waals surface area (Å²) in [6.45, 7) is 4.87. The van der Waals surface area contributed by atoms with Gasteiger partial charge in [-0.05, 0) is 118 Å². The normalized spacial score (nSPS) is 48.8. The fourth-order valence-corrected chi connectivity index (χ4v) is 10.3. The summed E-state index contributed by atoms with van der Waals surface area (Å²) in [5.74, 6) is 6.13. The van der Waals surface area contributed by atoms with E-state index in [-0.39, 0.29) is 11.3 Å². The zero-order chi connectivity index (χ0) is 23.4. The number of carbonyl (C=O) groups is 1. The van der Waals surface area contributed by atoms with E-state index in [0.717, 1.165) is 55.0 Å². The van der Waals surface area contributed by atoms with Gasteiger partial charge in [-0.15, -0.1) is 0 Å². The summed E-state index contributed by atoms with van der Waals surface area (Å²) < 4.78 is 1.89. The average molecular weight is 462 g/mol. The van der Waals surface area contributed by atoms with Crippen LogP contribution in [0.1, 0.15) is 95.2 Å². The van der Waals surface area contributed by atoms with Crippen molar-refractivity contribution in [3.63, 3.8) is 0 Å². The monoisotopic (exact) mass is 461 g/mol. The number of aliphatic hydroxyl groups is 1. The van der Waals surface area contributed by atoms with Gasteiger partial charge in [-0.3, -0.25) is 9.48 Å². The first-order valence-electron chi connectivity index (χ1n) is 14.0. The Bertz CT molecular complexity index is 1060. The molecule has 0 spiro atoms. The Morgan fingerprint density at radius 3 is 2.65 bits per heavy atom. The number of nitrogens with zero attached hydrogens (tertiary/aromatic N) is 3. The van der Waals surface area contributed by atoms with E-state index in [1.54, 1.807) is 6.20 Å². The van der Waals surface area contributed by atoms with Crippen molar-refractivity contribution < 1.29 is 9.90 Å². The number of ketones is 1. The third-order valence-corrected chi connectivity index (χ3v) is 11.6. The maximum absolute atomic E-state index is 13.9. The summed E-state index contributed by atoms with van der Waals surface area (Å²) in [4.78, 5) is 13.9. The lowest BCUT2D eigenvalue weighted by molar-refractivity contribution is -0.136. The molecule has 0 radical (unpaired) electrons. The fourth-order valence-electron chi connectivity index (χ4n) is 10.3. The standard InChI is InChI=1S/C29H39N3O2/c1-28(34)9-7-19-17(12-28)5-6-21-20(19)8-10-29(2)25(21)22-11-23(22)26(29)24(33)15-32-27(16-3-4-16)18(13-30)14-31-32/h14,16-17,19-23,25-26,34H,3-12,15H2,1-2H3/t17-,19+,20-,21-,22-,23+,25-,26-,28-,29+/m1/s1. The third kappa shape index (κ3) is 3.06. The van der Waals surface area contributed by atoms with Crippen LogP contribution in [0.2, 0.25) is 0 Å². The Kier molecular flexibility index (Phi) is 4.57. The minimum absolute atomic E-state index is 0.143. The number of hydrogen-bond donors (Lipinski definition) is 1. The molecule has 6 aliphatic rings. The van der Waals surface area contributed by atoms with E-state index in [1.807, 2.05) is 11.6 Å². The van der Waals surface area contributed by atoms with Gasteiger partial charge in [-0.25, -0.2) is 0 Å². The molecule has 10 atom stereocenters. The molecule has 34 heavy (non-hydrogen) atoms. The number of fused-ring (bicyclic) bond motifs is 7. The number of carbonyl (C=O) groups excluding carboxylic acids is 1. The average Bonchev–Trinajstić information content (AvgIpc) is 3.71. The summed E-state index contributed by atoms with van der Waals surface area (Å²) in [6.07, 6.45) is 13.4. The van der Waals surface area contributed by atoms with Gasteiger partial charge in [0.2, 0.25) is 0 Å². The summed E-state index contributed by atoms with van der Waals surface area (Å²) in [7, 11) is 0. The van der Waals surface area contributed by atoms with E-state index in [2.05, 4.69) is 18.1 Å².